The molecule has 4 aromatic rings. The van der Waals surface area contributed by atoms with Gasteiger partial charge in [0.1, 0.15) is 11.6 Å². The fourth-order valence-electron chi connectivity index (χ4n) is 4.83. The Kier molecular flexibility index (Phi) is 6.26. The highest BCUT2D eigenvalue weighted by molar-refractivity contribution is 7.80. The van der Waals surface area contributed by atoms with Gasteiger partial charge in [0.25, 0.3) is 0 Å². The quantitative estimate of drug-likeness (QED) is 0.347. The van der Waals surface area contributed by atoms with Gasteiger partial charge in [-0.05, 0) is 100 Å². The second-order valence-electron chi connectivity index (χ2n) is 9.01. The molecule has 1 aliphatic heterocycles. The van der Waals surface area contributed by atoms with Gasteiger partial charge in [0.2, 0.25) is 0 Å². The van der Waals surface area contributed by atoms with E-state index in [-0.39, 0.29) is 18.2 Å². The summed E-state index contributed by atoms with van der Waals surface area (Å²) in [5, 5.41) is 4.22. The van der Waals surface area contributed by atoms with Crippen molar-refractivity contribution in [2.45, 2.75) is 45.9 Å². The summed E-state index contributed by atoms with van der Waals surface area (Å²) < 4.78 is 8.06. The second-order valence-corrected chi connectivity index (χ2v) is 9.39. The number of pyridine rings is 2. The zero-order valence-corrected chi connectivity index (χ0v) is 21.2. The summed E-state index contributed by atoms with van der Waals surface area (Å²) in [6, 6.07) is 22.2. The standard InChI is InChI=1S/C28H29N5OS/c1-18(2)34-22-13-11-21(12-14-22)33-27(26(31-28(33)35)24-9-5-7-15-29-24)23-17-19(3)32(20(23)4)25-10-6-8-16-30-25/h5-18,26-27H,1-4H3,(H,31,35)/t26-,27-/m1/s1. The number of aryl methyl sites for hydroxylation is 1. The van der Waals surface area contributed by atoms with Crippen LogP contribution >= 0.6 is 12.2 Å². The number of hydrogen-bond acceptors (Lipinski definition) is 4. The van der Waals surface area contributed by atoms with Crippen molar-refractivity contribution in [3.63, 3.8) is 0 Å². The van der Waals surface area contributed by atoms with Gasteiger partial charge >= 0.3 is 0 Å². The molecule has 1 saturated heterocycles. The third-order valence-electron chi connectivity index (χ3n) is 6.25. The van der Waals surface area contributed by atoms with Crippen molar-refractivity contribution in [2.75, 3.05) is 4.90 Å². The molecular formula is C28H29N5OS. The molecule has 0 aliphatic carbocycles. The summed E-state index contributed by atoms with van der Waals surface area (Å²) in [4.78, 5) is 11.5. The van der Waals surface area contributed by atoms with Gasteiger partial charge in [0.05, 0.1) is 23.9 Å². The summed E-state index contributed by atoms with van der Waals surface area (Å²) in [5.74, 6) is 1.74. The van der Waals surface area contributed by atoms with Crippen LogP contribution in [-0.4, -0.2) is 25.8 Å². The largest absolute Gasteiger partial charge is 0.491 e. The van der Waals surface area contributed by atoms with Gasteiger partial charge in [-0.3, -0.25) is 4.98 Å². The number of hydrogen-bond donors (Lipinski definition) is 1. The Morgan fingerprint density at radius 1 is 0.943 bits per heavy atom. The molecule has 3 aromatic heterocycles. The molecule has 0 radical (unpaired) electrons. The Bertz CT molecular complexity index is 1320. The van der Waals surface area contributed by atoms with Crippen LogP contribution in [0.15, 0.2) is 79.1 Å². The van der Waals surface area contributed by atoms with Crippen molar-refractivity contribution in [1.29, 1.82) is 0 Å². The molecule has 2 atom stereocenters. The van der Waals surface area contributed by atoms with Crippen LogP contribution in [0.1, 0.15) is 48.6 Å². The van der Waals surface area contributed by atoms with E-state index in [1.165, 1.54) is 5.56 Å². The van der Waals surface area contributed by atoms with Gasteiger partial charge < -0.3 is 19.5 Å². The van der Waals surface area contributed by atoms with Crippen LogP contribution in [0.25, 0.3) is 5.82 Å². The topological polar surface area (TPSA) is 55.2 Å². The molecule has 178 valence electrons. The molecule has 7 heteroatoms. The number of nitrogens with zero attached hydrogens (tertiary/aromatic N) is 4. The van der Waals surface area contributed by atoms with E-state index in [0.29, 0.717) is 5.11 Å². The number of anilines is 1. The van der Waals surface area contributed by atoms with E-state index in [1.54, 1.807) is 0 Å². The molecule has 1 aliphatic rings. The molecule has 1 fully saturated rings. The first kappa shape index (κ1) is 23.1. The molecule has 1 aromatic carbocycles. The number of rotatable bonds is 6. The molecule has 35 heavy (non-hydrogen) atoms. The zero-order valence-electron chi connectivity index (χ0n) is 20.3. The molecule has 1 N–H and O–H groups in total. The van der Waals surface area contributed by atoms with Crippen molar-refractivity contribution >= 4 is 23.0 Å². The predicted octanol–water partition coefficient (Wildman–Crippen LogP) is 5.85. The highest BCUT2D eigenvalue weighted by Crippen LogP contribution is 2.43. The Morgan fingerprint density at radius 3 is 2.29 bits per heavy atom. The van der Waals surface area contributed by atoms with Gasteiger partial charge in [-0.25, -0.2) is 4.98 Å². The van der Waals surface area contributed by atoms with Gasteiger partial charge in [0.15, 0.2) is 5.11 Å². The van der Waals surface area contributed by atoms with Crippen LogP contribution in [0.4, 0.5) is 5.69 Å². The smallest absolute Gasteiger partial charge is 0.174 e. The number of aromatic nitrogens is 3. The van der Waals surface area contributed by atoms with Gasteiger partial charge in [-0.15, -0.1) is 0 Å². The van der Waals surface area contributed by atoms with E-state index in [0.717, 1.165) is 34.3 Å². The Hall–Kier alpha value is -3.71. The minimum Gasteiger partial charge on any atom is -0.491 e. The predicted molar refractivity (Wildman–Crippen MR) is 143 cm³/mol. The monoisotopic (exact) mass is 483 g/mol. The molecule has 0 spiro atoms. The molecule has 0 unspecified atom stereocenters. The van der Waals surface area contributed by atoms with Crippen molar-refractivity contribution in [2.24, 2.45) is 0 Å². The lowest BCUT2D eigenvalue weighted by Crippen LogP contribution is -2.29. The van der Waals surface area contributed by atoms with E-state index in [9.17, 15) is 0 Å². The Labute approximate surface area is 211 Å². The van der Waals surface area contributed by atoms with E-state index in [2.05, 4.69) is 56.8 Å². The van der Waals surface area contributed by atoms with E-state index < -0.39 is 0 Å². The van der Waals surface area contributed by atoms with Crippen molar-refractivity contribution in [3.8, 4) is 11.6 Å². The summed E-state index contributed by atoms with van der Waals surface area (Å²) in [6.45, 7) is 8.31. The summed E-state index contributed by atoms with van der Waals surface area (Å²) >= 11 is 5.89. The van der Waals surface area contributed by atoms with Crippen molar-refractivity contribution in [3.05, 3.63) is 102 Å². The van der Waals surface area contributed by atoms with Crippen LogP contribution < -0.4 is 15.0 Å². The highest BCUT2D eigenvalue weighted by Gasteiger charge is 2.42. The molecule has 0 bridgehead atoms. The Morgan fingerprint density at radius 2 is 1.66 bits per heavy atom. The molecule has 6 nitrogen and oxygen atoms in total. The van der Waals surface area contributed by atoms with Crippen molar-refractivity contribution < 1.29 is 4.74 Å². The summed E-state index contributed by atoms with van der Waals surface area (Å²) in [7, 11) is 0. The first-order chi connectivity index (χ1) is 16.9. The zero-order chi connectivity index (χ0) is 24.5. The van der Waals surface area contributed by atoms with Crippen LogP contribution in [0.3, 0.4) is 0 Å². The number of benzene rings is 1. The number of nitrogens with one attached hydrogen (secondary N) is 1. The minimum absolute atomic E-state index is 0.0853. The average Bonchev–Trinajstić information content (AvgIpc) is 3.35. The summed E-state index contributed by atoms with van der Waals surface area (Å²) in [5.41, 5.74) is 5.38. The maximum absolute atomic E-state index is 5.89. The first-order valence-corrected chi connectivity index (χ1v) is 12.2. The Balaban J connectivity index is 1.62. The normalized spacial score (nSPS) is 17.6. The van der Waals surface area contributed by atoms with E-state index in [1.807, 2.05) is 74.8 Å². The third kappa shape index (κ3) is 4.39. The SMILES string of the molecule is Cc1cc([C@@H]2[C@@H](c3ccccn3)NC(=S)N2c2ccc(OC(C)C)cc2)c(C)n1-c1ccccn1. The molecule has 4 heterocycles. The number of thiocarbonyl (C=S) groups is 1. The van der Waals surface area contributed by atoms with Crippen LogP contribution in [0.5, 0.6) is 5.75 Å². The van der Waals surface area contributed by atoms with E-state index in [4.69, 9.17) is 17.0 Å². The lowest BCUT2D eigenvalue weighted by molar-refractivity contribution is 0.242. The number of ether oxygens (including phenoxy) is 1. The fourth-order valence-corrected chi connectivity index (χ4v) is 5.18. The first-order valence-electron chi connectivity index (χ1n) is 11.8. The molecular weight excluding hydrogens is 454 g/mol. The van der Waals surface area contributed by atoms with Gasteiger partial charge in [-0.2, -0.15) is 0 Å². The lowest BCUT2D eigenvalue weighted by Gasteiger charge is -2.28. The highest BCUT2D eigenvalue weighted by atomic mass is 32.1. The van der Waals surface area contributed by atoms with Crippen LogP contribution in [0.2, 0.25) is 0 Å². The summed E-state index contributed by atoms with van der Waals surface area (Å²) in [6.07, 6.45) is 3.77. The maximum atomic E-state index is 5.89. The molecule has 5 rings (SSSR count). The van der Waals surface area contributed by atoms with Crippen LogP contribution in [-0.2, 0) is 0 Å². The molecule has 0 saturated carbocycles. The maximum Gasteiger partial charge on any atom is 0.174 e. The third-order valence-corrected chi connectivity index (χ3v) is 6.57. The fraction of sp³-hybridized carbons (Fsp3) is 0.250. The lowest BCUT2D eigenvalue weighted by atomic mass is 9.96. The van der Waals surface area contributed by atoms with Crippen LogP contribution in [0, 0.1) is 13.8 Å². The minimum atomic E-state index is -0.104. The van der Waals surface area contributed by atoms with Gasteiger partial charge in [0, 0.05) is 29.5 Å². The molecule has 0 amide bonds. The average molecular weight is 484 g/mol. The van der Waals surface area contributed by atoms with Crippen molar-refractivity contribution in [1.82, 2.24) is 19.9 Å². The van der Waals surface area contributed by atoms with E-state index >= 15 is 0 Å². The second kappa shape index (κ2) is 9.50. The van der Waals surface area contributed by atoms with Gasteiger partial charge in [-0.1, -0.05) is 12.1 Å².